The minimum atomic E-state index is -0.843. The molecule has 148 valence electrons. The SMILES string of the molecule is COc1ccc(NC(=O)C(NC(=O)c2ccc(Cl)c([N+](=O)[O-])c2)C(C)C)cc1. The Hall–Kier alpha value is -3.13. The van der Waals surface area contributed by atoms with Crippen molar-refractivity contribution in [1.82, 2.24) is 5.32 Å². The van der Waals surface area contributed by atoms with Gasteiger partial charge >= 0.3 is 0 Å². The lowest BCUT2D eigenvalue weighted by molar-refractivity contribution is -0.384. The van der Waals surface area contributed by atoms with E-state index in [0.717, 1.165) is 6.07 Å². The lowest BCUT2D eigenvalue weighted by Crippen LogP contribution is -2.47. The Morgan fingerprint density at radius 3 is 2.32 bits per heavy atom. The molecule has 0 fully saturated rings. The molecule has 1 atom stereocenters. The molecule has 0 aliphatic carbocycles. The Balaban J connectivity index is 2.15. The molecule has 2 rings (SSSR count). The molecule has 2 aromatic carbocycles. The smallest absolute Gasteiger partial charge is 0.288 e. The number of amides is 2. The van der Waals surface area contributed by atoms with Crippen molar-refractivity contribution >= 4 is 34.8 Å². The fourth-order valence-corrected chi connectivity index (χ4v) is 2.63. The van der Waals surface area contributed by atoms with E-state index in [4.69, 9.17) is 16.3 Å². The van der Waals surface area contributed by atoms with E-state index in [9.17, 15) is 19.7 Å². The highest BCUT2D eigenvalue weighted by Gasteiger charge is 2.26. The molecule has 9 heteroatoms. The van der Waals surface area contributed by atoms with Crippen molar-refractivity contribution in [2.24, 2.45) is 5.92 Å². The number of nitrogens with zero attached hydrogens (tertiary/aromatic N) is 1. The minimum Gasteiger partial charge on any atom is -0.497 e. The van der Waals surface area contributed by atoms with Gasteiger partial charge in [-0.05, 0) is 42.3 Å². The van der Waals surface area contributed by atoms with Crippen LogP contribution in [0.15, 0.2) is 42.5 Å². The highest BCUT2D eigenvalue weighted by atomic mass is 35.5. The first kappa shape index (κ1) is 21.2. The lowest BCUT2D eigenvalue weighted by atomic mass is 10.0. The van der Waals surface area contributed by atoms with E-state index < -0.39 is 22.8 Å². The number of nitro benzene ring substituents is 1. The number of halogens is 1. The van der Waals surface area contributed by atoms with Gasteiger partial charge in [0.25, 0.3) is 11.6 Å². The highest BCUT2D eigenvalue weighted by Crippen LogP contribution is 2.25. The first-order chi connectivity index (χ1) is 13.2. The van der Waals surface area contributed by atoms with Crippen LogP contribution in [0.1, 0.15) is 24.2 Å². The quantitative estimate of drug-likeness (QED) is 0.539. The van der Waals surface area contributed by atoms with Crippen LogP contribution in [0.4, 0.5) is 11.4 Å². The maximum atomic E-state index is 12.6. The molecule has 2 amide bonds. The summed E-state index contributed by atoms with van der Waals surface area (Å²) in [5.41, 5.74) is 0.213. The second-order valence-corrected chi connectivity index (χ2v) is 6.74. The van der Waals surface area contributed by atoms with Crippen LogP contribution in [0.5, 0.6) is 5.75 Å². The molecule has 1 unspecified atom stereocenters. The number of ether oxygens (including phenoxy) is 1. The molecular formula is C19H20ClN3O5. The van der Waals surface area contributed by atoms with Crippen LogP contribution in [0.25, 0.3) is 0 Å². The van der Waals surface area contributed by atoms with Gasteiger partial charge in [0.05, 0.1) is 12.0 Å². The van der Waals surface area contributed by atoms with Crippen molar-refractivity contribution in [3.8, 4) is 5.75 Å². The molecule has 0 saturated carbocycles. The van der Waals surface area contributed by atoms with Gasteiger partial charge in [-0.3, -0.25) is 19.7 Å². The Bertz CT molecular complexity index is 884. The molecule has 0 spiro atoms. The van der Waals surface area contributed by atoms with Crippen LogP contribution in [0.3, 0.4) is 0 Å². The first-order valence-corrected chi connectivity index (χ1v) is 8.80. The summed E-state index contributed by atoms with van der Waals surface area (Å²) in [6, 6.07) is 9.63. The summed E-state index contributed by atoms with van der Waals surface area (Å²) in [5, 5.41) is 16.3. The molecule has 0 radical (unpaired) electrons. The van der Waals surface area contributed by atoms with Gasteiger partial charge in [0.2, 0.25) is 5.91 Å². The molecular weight excluding hydrogens is 386 g/mol. The van der Waals surface area contributed by atoms with Crippen molar-refractivity contribution in [2.75, 3.05) is 12.4 Å². The Kier molecular flexibility index (Phi) is 6.94. The summed E-state index contributed by atoms with van der Waals surface area (Å²) in [6.45, 7) is 3.56. The normalized spacial score (nSPS) is 11.6. The van der Waals surface area contributed by atoms with Gasteiger partial charge < -0.3 is 15.4 Å². The number of anilines is 1. The zero-order chi connectivity index (χ0) is 20.8. The Labute approximate surface area is 167 Å². The molecule has 0 aliphatic heterocycles. The predicted octanol–water partition coefficient (Wildman–Crippen LogP) is 3.65. The van der Waals surface area contributed by atoms with Crippen molar-refractivity contribution < 1.29 is 19.2 Å². The van der Waals surface area contributed by atoms with Gasteiger partial charge in [-0.25, -0.2) is 0 Å². The van der Waals surface area contributed by atoms with E-state index in [0.29, 0.717) is 11.4 Å². The summed E-state index contributed by atoms with van der Waals surface area (Å²) in [6.07, 6.45) is 0. The van der Waals surface area contributed by atoms with Crippen LogP contribution in [-0.4, -0.2) is 29.9 Å². The van der Waals surface area contributed by atoms with Gasteiger partial charge in [0, 0.05) is 17.3 Å². The van der Waals surface area contributed by atoms with E-state index in [1.807, 2.05) is 0 Å². The van der Waals surface area contributed by atoms with E-state index in [1.165, 1.54) is 12.1 Å². The Morgan fingerprint density at radius 2 is 1.79 bits per heavy atom. The average molecular weight is 406 g/mol. The molecule has 0 aromatic heterocycles. The standard InChI is InChI=1S/C19H20ClN3O5/c1-11(2)17(19(25)21-13-5-7-14(28-3)8-6-13)22-18(24)12-4-9-15(20)16(10-12)23(26)27/h4-11,17H,1-3H3,(H,21,25)(H,22,24). The second-order valence-electron chi connectivity index (χ2n) is 6.34. The number of methoxy groups -OCH3 is 1. The number of nitro groups is 1. The summed E-state index contributed by atoms with van der Waals surface area (Å²) >= 11 is 5.77. The molecule has 0 bridgehead atoms. The van der Waals surface area contributed by atoms with Gasteiger partial charge in [-0.2, -0.15) is 0 Å². The largest absolute Gasteiger partial charge is 0.497 e. The monoisotopic (exact) mass is 405 g/mol. The van der Waals surface area contributed by atoms with Crippen LogP contribution < -0.4 is 15.4 Å². The molecule has 0 aliphatic rings. The van der Waals surface area contributed by atoms with Crippen LogP contribution in [0, 0.1) is 16.0 Å². The number of carbonyl (C=O) groups excluding carboxylic acids is 2. The Morgan fingerprint density at radius 1 is 1.14 bits per heavy atom. The molecule has 8 nitrogen and oxygen atoms in total. The van der Waals surface area contributed by atoms with Crippen molar-refractivity contribution in [1.29, 1.82) is 0 Å². The van der Waals surface area contributed by atoms with E-state index in [1.54, 1.807) is 45.2 Å². The zero-order valence-electron chi connectivity index (χ0n) is 15.6. The number of hydrogen-bond donors (Lipinski definition) is 2. The summed E-state index contributed by atoms with van der Waals surface area (Å²) < 4.78 is 5.07. The van der Waals surface area contributed by atoms with Crippen molar-refractivity contribution in [3.05, 3.63) is 63.2 Å². The van der Waals surface area contributed by atoms with E-state index >= 15 is 0 Å². The van der Waals surface area contributed by atoms with E-state index in [2.05, 4.69) is 10.6 Å². The first-order valence-electron chi connectivity index (χ1n) is 8.42. The molecule has 2 N–H and O–H groups in total. The fourth-order valence-electron chi connectivity index (χ4n) is 2.45. The van der Waals surface area contributed by atoms with Gasteiger partial charge in [0.1, 0.15) is 16.8 Å². The third-order valence-corrected chi connectivity index (χ3v) is 4.32. The third kappa shape index (κ3) is 5.20. The lowest BCUT2D eigenvalue weighted by Gasteiger charge is -2.22. The van der Waals surface area contributed by atoms with Crippen molar-refractivity contribution in [3.63, 3.8) is 0 Å². The molecule has 28 heavy (non-hydrogen) atoms. The van der Waals surface area contributed by atoms with Gasteiger partial charge in [-0.15, -0.1) is 0 Å². The van der Waals surface area contributed by atoms with Crippen LogP contribution in [0.2, 0.25) is 5.02 Å². The molecule has 2 aromatic rings. The van der Waals surface area contributed by atoms with Crippen LogP contribution >= 0.6 is 11.6 Å². The molecule has 0 heterocycles. The second kappa shape index (κ2) is 9.18. The third-order valence-electron chi connectivity index (χ3n) is 4.00. The maximum Gasteiger partial charge on any atom is 0.288 e. The maximum absolute atomic E-state index is 12.6. The van der Waals surface area contributed by atoms with Crippen LogP contribution in [-0.2, 0) is 4.79 Å². The topological polar surface area (TPSA) is 111 Å². The summed E-state index contributed by atoms with van der Waals surface area (Å²) in [4.78, 5) is 35.5. The van der Waals surface area contributed by atoms with E-state index in [-0.39, 0.29) is 22.2 Å². The number of rotatable bonds is 7. The average Bonchev–Trinajstić information content (AvgIpc) is 2.66. The number of hydrogen-bond acceptors (Lipinski definition) is 5. The predicted molar refractivity (Wildman–Crippen MR) is 106 cm³/mol. The number of benzene rings is 2. The summed E-state index contributed by atoms with van der Waals surface area (Å²) in [7, 11) is 1.54. The van der Waals surface area contributed by atoms with Gasteiger partial charge in [-0.1, -0.05) is 25.4 Å². The minimum absolute atomic E-state index is 0.0407. The highest BCUT2D eigenvalue weighted by molar-refractivity contribution is 6.32. The molecule has 0 saturated heterocycles. The van der Waals surface area contributed by atoms with Gasteiger partial charge in [0.15, 0.2) is 0 Å². The van der Waals surface area contributed by atoms with Crippen molar-refractivity contribution in [2.45, 2.75) is 19.9 Å². The fraction of sp³-hybridized carbons (Fsp3) is 0.263. The zero-order valence-corrected chi connectivity index (χ0v) is 16.3. The summed E-state index contributed by atoms with van der Waals surface area (Å²) in [5.74, 6) is -0.583. The number of nitrogens with one attached hydrogen (secondary N) is 2. The number of carbonyl (C=O) groups is 2.